The summed E-state index contributed by atoms with van der Waals surface area (Å²) in [6, 6.07) is 9.21. The first kappa shape index (κ1) is 12.0. The third kappa shape index (κ3) is 2.16. The van der Waals surface area contributed by atoms with Crippen molar-refractivity contribution in [2.24, 2.45) is 0 Å². The van der Waals surface area contributed by atoms with Crippen LogP contribution in [-0.2, 0) is 6.54 Å². The van der Waals surface area contributed by atoms with Gasteiger partial charge < -0.3 is 9.13 Å². The van der Waals surface area contributed by atoms with Gasteiger partial charge in [-0.3, -0.25) is 0 Å². The molecule has 98 valence electrons. The van der Waals surface area contributed by atoms with Crippen molar-refractivity contribution in [3.05, 3.63) is 54.2 Å². The largest absolute Gasteiger partial charge is 0.341 e. The molecule has 0 saturated carbocycles. The van der Waals surface area contributed by atoms with Crippen LogP contribution in [0.15, 0.2) is 43.0 Å². The Labute approximate surface area is 113 Å². The summed E-state index contributed by atoms with van der Waals surface area (Å²) in [6.45, 7) is 7.36. The highest BCUT2D eigenvalue weighted by atomic mass is 15.1. The second-order valence-corrected chi connectivity index (χ2v) is 5.39. The van der Waals surface area contributed by atoms with Crippen molar-refractivity contribution in [1.82, 2.24) is 14.1 Å². The molecule has 0 aliphatic heterocycles. The van der Waals surface area contributed by atoms with Gasteiger partial charge in [-0.1, -0.05) is 11.6 Å². The maximum atomic E-state index is 4.27. The number of hydrogen-bond acceptors (Lipinski definition) is 1. The summed E-state index contributed by atoms with van der Waals surface area (Å²) in [4.78, 5) is 4.27. The molecule has 0 fully saturated rings. The Morgan fingerprint density at radius 2 is 2.05 bits per heavy atom. The van der Waals surface area contributed by atoms with E-state index >= 15 is 0 Å². The van der Waals surface area contributed by atoms with Crippen LogP contribution in [0.3, 0.4) is 0 Å². The molecule has 0 atom stereocenters. The molecule has 3 heteroatoms. The molecule has 19 heavy (non-hydrogen) atoms. The summed E-state index contributed by atoms with van der Waals surface area (Å²) in [5.74, 6) is 0. The number of aromatic nitrogens is 3. The molecule has 2 aromatic heterocycles. The smallest absolute Gasteiger partial charge is 0.0951 e. The fourth-order valence-electron chi connectivity index (χ4n) is 2.55. The molecule has 0 saturated heterocycles. The van der Waals surface area contributed by atoms with Gasteiger partial charge in [0.2, 0.25) is 0 Å². The number of aryl methyl sites for hydroxylation is 1. The summed E-state index contributed by atoms with van der Waals surface area (Å²) >= 11 is 0. The molecule has 1 aromatic carbocycles. The monoisotopic (exact) mass is 253 g/mol. The highest BCUT2D eigenvalue weighted by Gasteiger charge is 2.07. The van der Waals surface area contributed by atoms with Crippen molar-refractivity contribution in [3.63, 3.8) is 0 Å². The quantitative estimate of drug-likeness (QED) is 0.696. The fraction of sp³-hybridized carbons (Fsp3) is 0.312. The van der Waals surface area contributed by atoms with Crippen molar-refractivity contribution in [2.45, 2.75) is 33.4 Å². The van der Waals surface area contributed by atoms with Crippen LogP contribution in [0, 0.1) is 6.92 Å². The summed E-state index contributed by atoms with van der Waals surface area (Å²) in [5.41, 5.74) is 3.83. The third-order valence-electron chi connectivity index (χ3n) is 3.56. The van der Waals surface area contributed by atoms with E-state index in [0.717, 1.165) is 6.54 Å². The molecule has 0 bridgehead atoms. The van der Waals surface area contributed by atoms with Crippen molar-refractivity contribution < 1.29 is 0 Å². The highest BCUT2D eigenvalue weighted by molar-refractivity contribution is 5.80. The Balaban J connectivity index is 1.99. The van der Waals surface area contributed by atoms with Gasteiger partial charge in [-0.15, -0.1) is 0 Å². The number of fused-ring (bicyclic) bond motifs is 1. The predicted molar refractivity (Wildman–Crippen MR) is 78.4 cm³/mol. The molecule has 3 aromatic rings. The van der Waals surface area contributed by atoms with Crippen LogP contribution < -0.4 is 0 Å². The van der Waals surface area contributed by atoms with Gasteiger partial charge in [-0.2, -0.15) is 0 Å². The van der Waals surface area contributed by atoms with Crippen LogP contribution in [0.2, 0.25) is 0 Å². The van der Waals surface area contributed by atoms with Gasteiger partial charge in [-0.25, -0.2) is 4.98 Å². The van der Waals surface area contributed by atoms with Gasteiger partial charge in [0.05, 0.1) is 18.6 Å². The maximum absolute atomic E-state index is 4.27. The van der Waals surface area contributed by atoms with Gasteiger partial charge >= 0.3 is 0 Å². The first-order valence-corrected chi connectivity index (χ1v) is 6.71. The predicted octanol–water partition coefficient (Wildman–Crippen LogP) is 3.78. The van der Waals surface area contributed by atoms with E-state index in [0.29, 0.717) is 6.04 Å². The lowest BCUT2D eigenvalue weighted by Crippen LogP contribution is -2.08. The number of imidazole rings is 1. The Bertz CT molecular complexity index is 704. The Morgan fingerprint density at radius 1 is 1.21 bits per heavy atom. The first-order valence-electron chi connectivity index (χ1n) is 6.71. The molecule has 2 heterocycles. The standard InChI is InChI=1S/C16H19N3/c1-12(2)19-11-17-9-15(19)10-18-7-6-14-8-13(3)4-5-16(14)18/h4-9,11-12H,10H2,1-3H3. The van der Waals surface area contributed by atoms with E-state index in [1.165, 1.54) is 22.2 Å². The van der Waals surface area contributed by atoms with Crippen LogP contribution in [0.4, 0.5) is 0 Å². The lowest BCUT2D eigenvalue weighted by molar-refractivity contribution is 0.564. The average Bonchev–Trinajstić information content (AvgIpc) is 2.97. The molecule has 0 radical (unpaired) electrons. The van der Waals surface area contributed by atoms with Crippen LogP contribution in [0.5, 0.6) is 0 Å². The SMILES string of the molecule is Cc1ccc2c(ccn2Cc2cncn2C(C)C)c1. The van der Waals surface area contributed by atoms with Crippen molar-refractivity contribution in [1.29, 1.82) is 0 Å². The molecule has 0 aliphatic carbocycles. The lowest BCUT2D eigenvalue weighted by Gasteiger charge is -2.13. The second kappa shape index (κ2) is 4.57. The van der Waals surface area contributed by atoms with Gasteiger partial charge in [0.1, 0.15) is 0 Å². The van der Waals surface area contributed by atoms with E-state index in [9.17, 15) is 0 Å². The zero-order chi connectivity index (χ0) is 13.4. The van der Waals surface area contributed by atoms with E-state index in [-0.39, 0.29) is 0 Å². The molecule has 0 aliphatic rings. The van der Waals surface area contributed by atoms with Crippen LogP contribution >= 0.6 is 0 Å². The lowest BCUT2D eigenvalue weighted by atomic mass is 10.2. The molecular formula is C16H19N3. The average molecular weight is 253 g/mol. The Hall–Kier alpha value is -2.03. The van der Waals surface area contributed by atoms with Crippen LogP contribution in [0.25, 0.3) is 10.9 Å². The molecular weight excluding hydrogens is 234 g/mol. The maximum Gasteiger partial charge on any atom is 0.0951 e. The topological polar surface area (TPSA) is 22.8 Å². The number of nitrogens with zero attached hydrogens (tertiary/aromatic N) is 3. The summed E-state index contributed by atoms with van der Waals surface area (Å²) in [6.07, 6.45) is 6.03. The molecule has 3 rings (SSSR count). The zero-order valence-corrected chi connectivity index (χ0v) is 11.7. The van der Waals surface area contributed by atoms with Gasteiger partial charge in [0.25, 0.3) is 0 Å². The Kier molecular flexibility index (Phi) is 2.90. The molecule has 3 nitrogen and oxygen atoms in total. The van der Waals surface area contributed by atoms with E-state index in [1.54, 1.807) is 0 Å². The number of benzene rings is 1. The minimum atomic E-state index is 0.446. The summed E-state index contributed by atoms with van der Waals surface area (Å²) in [7, 11) is 0. The second-order valence-electron chi connectivity index (χ2n) is 5.39. The minimum absolute atomic E-state index is 0.446. The minimum Gasteiger partial charge on any atom is -0.341 e. The molecule has 0 amide bonds. The first-order chi connectivity index (χ1) is 9.15. The van der Waals surface area contributed by atoms with Gasteiger partial charge in [0, 0.05) is 24.0 Å². The zero-order valence-electron chi connectivity index (χ0n) is 11.7. The summed E-state index contributed by atoms with van der Waals surface area (Å²) in [5, 5.41) is 1.30. The van der Waals surface area contributed by atoms with Gasteiger partial charge in [0.15, 0.2) is 0 Å². The van der Waals surface area contributed by atoms with Crippen LogP contribution in [-0.4, -0.2) is 14.1 Å². The van der Waals surface area contributed by atoms with E-state index in [2.05, 4.69) is 65.4 Å². The summed E-state index contributed by atoms with van der Waals surface area (Å²) < 4.78 is 4.50. The van der Waals surface area contributed by atoms with E-state index in [1.807, 2.05) is 12.5 Å². The van der Waals surface area contributed by atoms with Crippen molar-refractivity contribution in [3.8, 4) is 0 Å². The van der Waals surface area contributed by atoms with Crippen molar-refractivity contribution >= 4 is 10.9 Å². The normalized spacial score (nSPS) is 11.6. The van der Waals surface area contributed by atoms with E-state index in [4.69, 9.17) is 0 Å². The molecule has 0 spiro atoms. The fourth-order valence-corrected chi connectivity index (χ4v) is 2.55. The highest BCUT2D eigenvalue weighted by Crippen LogP contribution is 2.19. The van der Waals surface area contributed by atoms with Crippen molar-refractivity contribution in [2.75, 3.05) is 0 Å². The Morgan fingerprint density at radius 3 is 2.84 bits per heavy atom. The molecule has 0 N–H and O–H groups in total. The van der Waals surface area contributed by atoms with Crippen LogP contribution in [0.1, 0.15) is 31.1 Å². The number of hydrogen-bond donors (Lipinski definition) is 0. The van der Waals surface area contributed by atoms with Gasteiger partial charge in [-0.05, 0) is 44.4 Å². The molecule has 0 unspecified atom stereocenters. The number of rotatable bonds is 3. The third-order valence-corrected chi connectivity index (χ3v) is 3.56. The van der Waals surface area contributed by atoms with E-state index < -0.39 is 0 Å².